The number of pyridine rings is 1. The molecule has 0 amide bonds. The molecule has 0 saturated heterocycles. The van der Waals surface area contributed by atoms with E-state index in [2.05, 4.69) is 89.7 Å². The first-order valence-electron chi connectivity index (χ1n) is 11.8. The van der Waals surface area contributed by atoms with E-state index in [1.54, 1.807) is 5.57 Å². The van der Waals surface area contributed by atoms with Gasteiger partial charge in [0.25, 0.3) is 0 Å². The molecule has 2 aromatic carbocycles. The van der Waals surface area contributed by atoms with E-state index in [4.69, 9.17) is 4.42 Å². The second kappa shape index (κ2) is 7.21. The number of hydrogen-bond donors (Lipinski definition) is 0. The number of fused-ring (bicyclic) bond motifs is 3. The van der Waals surface area contributed by atoms with Crippen molar-refractivity contribution in [2.75, 3.05) is 0 Å². The first-order chi connectivity index (χ1) is 15.5. The van der Waals surface area contributed by atoms with Gasteiger partial charge >= 0.3 is 193 Å². The van der Waals surface area contributed by atoms with E-state index in [-0.39, 0.29) is 0 Å². The van der Waals surface area contributed by atoms with Gasteiger partial charge in [0.1, 0.15) is 0 Å². The minimum absolute atomic E-state index is 1.01. The zero-order valence-electron chi connectivity index (χ0n) is 19.5. The van der Waals surface area contributed by atoms with Gasteiger partial charge in [-0.1, -0.05) is 0 Å². The van der Waals surface area contributed by atoms with Gasteiger partial charge in [0, 0.05) is 0 Å². The topological polar surface area (TPSA) is 17.0 Å². The van der Waals surface area contributed by atoms with Crippen LogP contribution in [0.25, 0.3) is 38.8 Å². The Morgan fingerprint density at radius 1 is 0.875 bits per heavy atom. The van der Waals surface area contributed by atoms with Crippen molar-refractivity contribution in [3.05, 3.63) is 80.7 Å². The minimum atomic E-state index is -2.05. The number of benzene rings is 2. The van der Waals surface area contributed by atoms with Crippen molar-refractivity contribution >= 4 is 40.8 Å². The molecule has 0 atom stereocenters. The quantitative estimate of drug-likeness (QED) is 0.215. The molecule has 0 radical (unpaired) electrons. The van der Waals surface area contributed by atoms with Crippen molar-refractivity contribution in [2.24, 2.45) is 7.05 Å². The normalized spacial score (nSPS) is 17.8. The summed E-state index contributed by atoms with van der Waals surface area (Å²) in [5.74, 6) is 5.12. The van der Waals surface area contributed by atoms with Gasteiger partial charge in [-0.3, -0.25) is 0 Å². The summed E-state index contributed by atoms with van der Waals surface area (Å²) >= 11 is -2.05. The molecule has 0 N–H and O–H groups in total. The predicted octanol–water partition coefficient (Wildman–Crippen LogP) is 7.44. The molecular weight excluding hydrogens is 451 g/mol. The van der Waals surface area contributed by atoms with Crippen LogP contribution in [-0.4, -0.2) is 13.3 Å². The van der Waals surface area contributed by atoms with Crippen LogP contribution in [0.4, 0.5) is 0 Å². The zero-order valence-corrected chi connectivity index (χ0v) is 21.6. The number of furan rings is 1. The molecule has 1 aliphatic heterocycles. The zero-order chi connectivity index (χ0) is 22.0. The fourth-order valence-electron chi connectivity index (χ4n) is 5.96. The molecule has 1 aliphatic carbocycles. The number of nitrogens with zero attached hydrogens (tertiary/aromatic N) is 1. The third-order valence-electron chi connectivity index (χ3n) is 7.55. The first kappa shape index (κ1) is 20.1. The molecule has 3 heteroatoms. The van der Waals surface area contributed by atoms with Crippen molar-refractivity contribution in [1.82, 2.24) is 0 Å². The average molecular weight is 481 g/mol. The summed E-state index contributed by atoms with van der Waals surface area (Å²) in [6, 6.07) is 17.6. The Bertz CT molecular complexity index is 1470. The molecule has 2 nitrogen and oxygen atoms in total. The van der Waals surface area contributed by atoms with E-state index in [9.17, 15) is 0 Å². The van der Waals surface area contributed by atoms with Crippen LogP contribution in [0, 0.1) is 6.92 Å². The van der Waals surface area contributed by atoms with Gasteiger partial charge in [-0.2, -0.15) is 0 Å². The van der Waals surface area contributed by atoms with E-state index < -0.39 is 13.3 Å². The molecule has 160 valence electrons. The van der Waals surface area contributed by atoms with Gasteiger partial charge in [0.05, 0.1) is 0 Å². The van der Waals surface area contributed by atoms with Gasteiger partial charge in [0.2, 0.25) is 0 Å². The first-order valence-corrected chi connectivity index (χ1v) is 18.3. The Morgan fingerprint density at radius 2 is 1.69 bits per heavy atom. The fraction of sp³-hybridized carbons (Fsp3) is 0.276. The molecule has 2 aromatic heterocycles. The number of aromatic nitrogens is 1. The molecule has 4 aromatic rings. The Labute approximate surface area is 192 Å². The maximum absolute atomic E-state index is 6.81. The standard InChI is InChI=1S/C29H30GeNO/c1-19-15-16-23-21-11-9-12-22(24-18-30(2,3)25-13-6-5-10-20(24)25)28(21)32-29(23)27(19)26-14-7-8-17-31(26)4/h7-9,11-12,14-18H,5-6,10,13H2,1-4H3/q+1. The van der Waals surface area contributed by atoms with Crippen molar-refractivity contribution in [3.8, 4) is 11.3 Å². The summed E-state index contributed by atoms with van der Waals surface area (Å²) in [4.78, 5) is 2.68. The van der Waals surface area contributed by atoms with E-state index in [1.165, 1.54) is 64.4 Å². The summed E-state index contributed by atoms with van der Waals surface area (Å²) in [5, 5.41) is 2.44. The summed E-state index contributed by atoms with van der Waals surface area (Å²) < 4.78 is 10.8. The van der Waals surface area contributed by atoms with Crippen LogP contribution < -0.4 is 4.57 Å². The number of rotatable bonds is 2. The Hall–Kier alpha value is -2.59. The summed E-state index contributed by atoms with van der Waals surface area (Å²) in [6.45, 7) is 2.19. The molecule has 6 rings (SSSR count). The SMILES string of the molecule is Cc1ccc2c(oc3c(C4=[CH][Ge]([CH3])([CH3])[C]5=C4CCCC5)cccc32)c1-c1cccc[n+]1C. The third kappa shape index (κ3) is 2.89. The summed E-state index contributed by atoms with van der Waals surface area (Å²) in [7, 11) is 2.11. The van der Waals surface area contributed by atoms with Gasteiger partial charge < -0.3 is 0 Å². The van der Waals surface area contributed by atoms with Gasteiger partial charge in [-0.15, -0.1) is 0 Å². The summed E-state index contributed by atoms with van der Waals surface area (Å²) in [5.41, 5.74) is 10.1. The Morgan fingerprint density at radius 3 is 2.53 bits per heavy atom. The second-order valence-corrected chi connectivity index (χ2v) is 19.2. The van der Waals surface area contributed by atoms with Crippen LogP contribution >= 0.6 is 0 Å². The number of allylic oxidation sites excluding steroid dienone is 3. The second-order valence-electron chi connectivity index (χ2n) is 10.1. The van der Waals surface area contributed by atoms with Crippen LogP contribution in [0.1, 0.15) is 36.8 Å². The molecule has 0 saturated carbocycles. The van der Waals surface area contributed by atoms with E-state index in [0.29, 0.717) is 0 Å². The van der Waals surface area contributed by atoms with E-state index in [1.807, 2.05) is 4.41 Å². The molecule has 0 spiro atoms. The van der Waals surface area contributed by atoms with Crippen LogP contribution in [0.15, 0.2) is 74.0 Å². The molecular formula is C29H30GeNO+. The predicted molar refractivity (Wildman–Crippen MR) is 136 cm³/mol. The van der Waals surface area contributed by atoms with E-state index >= 15 is 0 Å². The monoisotopic (exact) mass is 482 g/mol. The van der Waals surface area contributed by atoms with Crippen molar-refractivity contribution in [2.45, 2.75) is 44.1 Å². The van der Waals surface area contributed by atoms with Crippen molar-refractivity contribution in [1.29, 1.82) is 0 Å². The maximum atomic E-state index is 6.81. The summed E-state index contributed by atoms with van der Waals surface area (Å²) in [6.07, 6.45) is 7.33. The van der Waals surface area contributed by atoms with E-state index in [0.717, 1.165) is 11.2 Å². The molecule has 0 unspecified atom stereocenters. The van der Waals surface area contributed by atoms with Crippen molar-refractivity contribution < 1.29 is 8.98 Å². The number of para-hydroxylation sites is 1. The molecule has 0 fully saturated rings. The van der Waals surface area contributed by atoms with Crippen molar-refractivity contribution in [3.63, 3.8) is 0 Å². The van der Waals surface area contributed by atoms with Gasteiger partial charge in [-0.25, -0.2) is 0 Å². The third-order valence-corrected chi connectivity index (χ3v) is 14.1. The Balaban J connectivity index is 1.65. The van der Waals surface area contributed by atoms with Crippen LogP contribution in [0.2, 0.25) is 11.5 Å². The van der Waals surface area contributed by atoms with Gasteiger partial charge in [0.15, 0.2) is 0 Å². The van der Waals surface area contributed by atoms with Crippen LogP contribution in [-0.2, 0) is 7.05 Å². The average Bonchev–Trinajstić information content (AvgIpc) is 3.29. The molecule has 32 heavy (non-hydrogen) atoms. The molecule has 3 heterocycles. The fourth-order valence-corrected chi connectivity index (χ4v) is 12.4. The number of aryl methyl sites for hydroxylation is 2. The van der Waals surface area contributed by atoms with Crippen LogP contribution in [0.5, 0.6) is 0 Å². The Kier molecular flexibility index (Phi) is 4.52. The van der Waals surface area contributed by atoms with Gasteiger partial charge in [-0.05, 0) is 0 Å². The number of hydrogen-bond acceptors (Lipinski definition) is 1. The molecule has 2 aliphatic rings. The molecule has 0 bridgehead atoms. The van der Waals surface area contributed by atoms with Crippen LogP contribution in [0.3, 0.4) is 0 Å².